The Morgan fingerprint density at radius 2 is 1.88 bits per heavy atom. The van der Waals surface area contributed by atoms with Crippen LogP contribution in [0.1, 0.15) is 18.1 Å². The Kier molecular flexibility index (Phi) is 5.43. The normalized spacial score (nSPS) is 11.0. The summed E-state index contributed by atoms with van der Waals surface area (Å²) in [7, 11) is 1.85. The minimum Gasteiger partial charge on any atom is -0.341 e. The van der Waals surface area contributed by atoms with Gasteiger partial charge in [-0.1, -0.05) is 53.7 Å². The van der Waals surface area contributed by atoms with Gasteiger partial charge in [0.2, 0.25) is 5.91 Å². The average molecular weight is 353 g/mol. The van der Waals surface area contributed by atoms with Crippen LogP contribution in [0.5, 0.6) is 0 Å². The molecule has 0 aliphatic heterocycles. The molecule has 0 unspecified atom stereocenters. The van der Waals surface area contributed by atoms with Crippen LogP contribution in [0.2, 0.25) is 0 Å². The number of fused-ring (bicyclic) bond motifs is 1. The lowest BCUT2D eigenvalue weighted by atomic mass is 10.1. The Morgan fingerprint density at radius 1 is 1.16 bits per heavy atom. The van der Waals surface area contributed by atoms with E-state index in [1.165, 1.54) is 17.3 Å². The van der Waals surface area contributed by atoms with Gasteiger partial charge in [-0.25, -0.2) is 4.98 Å². The van der Waals surface area contributed by atoms with E-state index in [0.29, 0.717) is 12.3 Å². The van der Waals surface area contributed by atoms with Crippen molar-refractivity contribution in [3.05, 3.63) is 59.7 Å². The summed E-state index contributed by atoms with van der Waals surface area (Å²) >= 11 is 1.51. The number of imidazole rings is 1. The standard InChI is InChI=1S/C20H23N3OS/c1-4-23-18-8-6-5-7-17(18)21-20(23)25-14-19(24)22(3)13-16-11-9-15(2)10-12-16/h5-12H,4,13-14H2,1-3H3. The highest BCUT2D eigenvalue weighted by atomic mass is 32.2. The molecule has 4 nitrogen and oxygen atoms in total. The number of carbonyl (C=O) groups is 1. The molecule has 0 bridgehead atoms. The molecule has 1 heterocycles. The molecule has 0 atom stereocenters. The number of rotatable bonds is 6. The lowest BCUT2D eigenvalue weighted by Crippen LogP contribution is -2.27. The molecule has 0 spiro atoms. The summed E-state index contributed by atoms with van der Waals surface area (Å²) in [6, 6.07) is 16.4. The topological polar surface area (TPSA) is 38.1 Å². The van der Waals surface area contributed by atoms with E-state index in [1.807, 2.05) is 25.2 Å². The molecule has 0 aliphatic rings. The van der Waals surface area contributed by atoms with Gasteiger partial charge < -0.3 is 9.47 Å². The fourth-order valence-electron chi connectivity index (χ4n) is 2.76. The maximum absolute atomic E-state index is 12.5. The van der Waals surface area contributed by atoms with Crippen molar-refractivity contribution < 1.29 is 4.79 Å². The first-order valence-electron chi connectivity index (χ1n) is 8.46. The van der Waals surface area contributed by atoms with Crippen LogP contribution in [0.4, 0.5) is 0 Å². The van der Waals surface area contributed by atoms with E-state index in [2.05, 4.69) is 53.7 Å². The highest BCUT2D eigenvalue weighted by Gasteiger charge is 2.14. The van der Waals surface area contributed by atoms with Crippen LogP contribution in [0.15, 0.2) is 53.7 Å². The van der Waals surface area contributed by atoms with Gasteiger partial charge in [0.25, 0.3) is 0 Å². The van der Waals surface area contributed by atoms with Crippen LogP contribution in [-0.2, 0) is 17.9 Å². The van der Waals surface area contributed by atoms with E-state index in [0.717, 1.165) is 28.3 Å². The van der Waals surface area contributed by atoms with E-state index >= 15 is 0 Å². The Morgan fingerprint density at radius 3 is 2.60 bits per heavy atom. The molecule has 2 aromatic carbocycles. The molecule has 1 amide bonds. The monoisotopic (exact) mass is 353 g/mol. The lowest BCUT2D eigenvalue weighted by molar-refractivity contribution is -0.127. The molecule has 3 aromatic rings. The lowest BCUT2D eigenvalue weighted by Gasteiger charge is -2.17. The summed E-state index contributed by atoms with van der Waals surface area (Å²) in [4.78, 5) is 18.9. The maximum Gasteiger partial charge on any atom is 0.233 e. The van der Waals surface area contributed by atoms with Crippen molar-refractivity contribution in [2.24, 2.45) is 0 Å². The van der Waals surface area contributed by atoms with Crippen LogP contribution in [-0.4, -0.2) is 33.2 Å². The van der Waals surface area contributed by atoms with Gasteiger partial charge in [-0.15, -0.1) is 0 Å². The van der Waals surface area contributed by atoms with Crippen molar-refractivity contribution in [3.63, 3.8) is 0 Å². The predicted octanol–water partition coefficient (Wildman–Crippen LogP) is 4.12. The second kappa shape index (κ2) is 7.74. The molecule has 0 N–H and O–H groups in total. The van der Waals surface area contributed by atoms with Gasteiger partial charge in [0.15, 0.2) is 5.16 Å². The third-order valence-electron chi connectivity index (χ3n) is 4.23. The molecule has 3 rings (SSSR count). The van der Waals surface area contributed by atoms with Crippen molar-refractivity contribution in [2.75, 3.05) is 12.8 Å². The van der Waals surface area contributed by atoms with Gasteiger partial charge in [-0.2, -0.15) is 0 Å². The highest BCUT2D eigenvalue weighted by Crippen LogP contribution is 2.24. The molecular weight excluding hydrogens is 330 g/mol. The molecule has 25 heavy (non-hydrogen) atoms. The number of hydrogen-bond donors (Lipinski definition) is 0. The summed E-state index contributed by atoms with van der Waals surface area (Å²) in [5.41, 5.74) is 4.47. The van der Waals surface area contributed by atoms with Crippen molar-refractivity contribution in [3.8, 4) is 0 Å². The van der Waals surface area contributed by atoms with Crippen LogP contribution < -0.4 is 0 Å². The van der Waals surface area contributed by atoms with E-state index < -0.39 is 0 Å². The zero-order chi connectivity index (χ0) is 17.8. The largest absolute Gasteiger partial charge is 0.341 e. The highest BCUT2D eigenvalue weighted by molar-refractivity contribution is 7.99. The maximum atomic E-state index is 12.5. The minimum absolute atomic E-state index is 0.111. The van der Waals surface area contributed by atoms with Crippen molar-refractivity contribution in [1.29, 1.82) is 0 Å². The van der Waals surface area contributed by atoms with Crippen LogP contribution in [0.25, 0.3) is 11.0 Å². The summed E-state index contributed by atoms with van der Waals surface area (Å²) in [6.07, 6.45) is 0. The Balaban J connectivity index is 1.64. The fraction of sp³-hybridized carbons (Fsp3) is 0.300. The number of aryl methyl sites for hydroxylation is 2. The number of carbonyl (C=O) groups excluding carboxylic acids is 1. The van der Waals surface area contributed by atoms with E-state index in [4.69, 9.17) is 0 Å². The van der Waals surface area contributed by atoms with Crippen LogP contribution in [0, 0.1) is 6.92 Å². The molecule has 0 aliphatic carbocycles. The first-order valence-corrected chi connectivity index (χ1v) is 9.44. The van der Waals surface area contributed by atoms with Crippen molar-refractivity contribution in [2.45, 2.75) is 32.1 Å². The van der Waals surface area contributed by atoms with Crippen molar-refractivity contribution in [1.82, 2.24) is 14.5 Å². The number of hydrogen-bond acceptors (Lipinski definition) is 3. The van der Waals surface area contributed by atoms with Crippen LogP contribution in [0.3, 0.4) is 0 Å². The van der Waals surface area contributed by atoms with Gasteiger partial charge in [0.05, 0.1) is 16.8 Å². The summed E-state index contributed by atoms with van der Waals surface area (Å²) in [5.74, 6) is 0.506. The Hall–Kier alpha value is -2.27. The second-order valence-electron chi connectivity index (χ2n) is 6.15. The number of para-hydroxylation sites is 2. The number of benzene rings is 2. The molecular formula is C20H23N3OS. The molecule has 0 saturated carbocycles. The average Bonchev–Trinajstić information content (AvgIpc) is 2.99. The molecule has 1 aromatic heterocycles. The van der Waals surface area contributed by atoms with E-state index in [9.17, 15) is 4.79 Å². The zero-order valence-electron chi connectivity index (χ0n) is 14.9. The molecule has 0 radical (unpaired) electrons. The Bertz CT molecular complexity index is 870. The van der Waals surface area contributed by atoms with Crippen molar-refractivity contribution >= 4 is 28.7 Å². The van der Waals surface area contributed by atoms with Gasteiger partial charge in [-0.05, 0) is 31.5 Å². The summed E-state index contributed by atoms with van der Waals surface area (Å²) in [5, 5.41) is 0.904. The number of nitrogens with zero attached hydrogens (tertiary/aromatic N) is 3. The number of aromatic nitrogens is 2. The molecule has 0 saturated heterocycles. The first kappa shape index (κ1) is 17.5. The van der Waals surface area contributed by atoms with Gasteiger partial charge in [0, 0.05) is 20.1 Å². The number of amides is 1. The predicted molar refractivity (Wildman–Crippen MR) is 104 cm³/mol. The summed E-state index contributed by atoms with van der Waals surface area (Å²) in [6.45, 7) is 5.64. The molecule has 130 valence electrons. The van der Waals surface area contributed by atoms with E-state index in [1.54, 1.807) is 4.90 Å². The Labute approximate surface area is 152 Å². The van der Waals surface area contributed by atoms with Gasteiger partial charge in [-0.3, -0.25) is 4.79 Å². The smallest absolute Gasteiger partial charge is 0.233 e. The summed E-state index contributed by atoms with van der Waals surface area (Å²) < 4.78 is 2.16. The van der Waals surface area contributed by atoms with E-state index in [-0.39, 0.29) is 5.91 Å². The quantitative estimate of drug-likeness (QED) is 0.626. The molecule has 0 fully saturated rings. The SMILES string of the molecule is CCn1c(SCC(=O)N(C)Cc2ccc(C)cc2)nc2ccccc21. The molecule has 5 heteroatoms. The first-order chi connectivity index (χ1) is 12.1. The van der Waals surface area contributed by atoms with Gasteiger partial charge in [0.1, 0.15) is 0 Å². The third kappa shape index (κ3) is 4.04. The number of thioether (sulfide) groups is 1. The second-order valence-corrected chi connectivity index (χ2v) is 7.09. The third-order valence-corrected chi connectivity index (χ3v) is 5.19. The van der Waals surface area contributed by atoms with Crippen LogP contribution >= 0.6 is 11.8 Å². The minimum atomic E-state index is 0.111. The zero-order valence-corrected chi connectivity index (χ0v) is 15.7. The fourth-order valence-corrected chi connectivity index (χ4v) is 3.78. The van der Waals surface area contributed by atoms with Gasteiger partial charge >= 0.3 is 0 Å².